The molecule has 5 nitrogen and oxygen atoms in total. The number of nitrogens with zero attached hydrogens (tertiary/aromatic N) is 1. The van der Waals surface area contributed by atoms with Crippen LogP contribution in [-0.4, -0.2) is 41.3 Å². The van der Waals surface area contributed by atoms with E-state index in [1.165, 1.54) is 0 Å². The average Bonchev–Trinajstić information content (AvgIpc) is 2.49. The first kappa shape index (κ1) is 16.6. The predicted octanol–water partition coefficient (Wildman–Crippen LogP) is 3.10. The quantitative estimate of drug-likeness (QED) is 0.898. The molecule has 2 rings (SSSR count). The summed E-state index contributed by atoms with van der Waals surface area (Å²) in [7, 11) is 0. The third kappa shape index (κ3) is 4.63. The molecule has 22 heavy (non-hydrogen) atoms. The summed E-state index contributed by atoms with van der Waals surface area (Å²) in [6, 6.07) is 7.27. The number of anilines is 1. The topological polar surface area (TPSA) is 61.8 Å². The molecule has 0 bridgehead atoms. The van der Waals surface area contributed by atoms with Crippen molar-refractivity contribution < 1.29 is 14.6 Å². The van der Waals surface area contributed by atoms with Crippen LogP contribution in [0.5, 0.6) is 5.75 Å². The van der Waals surface area contributed by atoms with E-state index in [0.717, 1.165) is 30.8 Å². The normalized spacial score (nSPS) is 19.9. The Balaban J connectivity index is 1.91. The van der Waals surface area contributed by atoms with E-state index in [1.54, 1.807) is 11.8 Å². The van der Waals surface area contributed by atoms with E-state index in [1.807, 2.05) is 38.1 Å². The van der Waals surface area contributed by atoms with Gasteiger partial charge in [-0.3, -0.25) is 0 Å². The molecule has 2 N–H and O–H groups in total. The zero-order chi connectivity index (χ0) is 16.1. The van der Waals surface area contributed by atoms with Gasteiger partial charge in [-0.25, -0.2) is 4.79 Å². The number of likely N-dealkylation sites (tertiary alicyclic amines) is 1. The lowest BCUT2D eigenvalue weighted by molar-refractivity contribution is 0.0766. The van der Waals surface area contributed by atoms with Crippen molar-refractivity contribution in [1.82, 2.24) is 4.90 Å². The average molecular weight is 306 g/mol. The summed E-state index contributed by atoms with van der Waals surface area (Å²) in [4.78, 5) is 14.1. The van der Waals surface area contributed by atoms with E-state index in [4.69, 9.17) is 4.74 Å². The minimum atomic E-state index is -0.372. The van der Waals surface area contributed by atoms with E-state index in [2.05, 4.69) is 5.32 Å². The number of carbonyl (C=O) groups excluding carboxylic acids is 1. The standard InChI is InChI=1S/C17H26N2O3/c1-12(2)22-16-8-6-15(7-9-16)18-17(21)19-10-4-5-14(11-19)13(3)20/h6-9,12-14,20H,4-5,10-11H2,1-3H3,(H,18,21). The first-order chi connectivity index (χ1) is 10.5. The van der Waals surface area contributed by atoms with Gasteiger partial charge in [-0.05, 0) is 57.9 Å². The fraction of sp³-hybridized carbons (Fsp3) is 0.588. The molecule has 2 amide bonds. The van der Waals surface area contributed by atoms with Crippen molar-refractivity contribution in [2.24, 2.45) is 5.92 Å². The van der Waals surface area contributed by atoms with Crippen LogP contribution < -0.4 is 10.1 Å². The summed E-state index contributed by atoms with van der Waals surface area (Å²) in [5.41, 5.74) is 0.750. The third-order valence-corrected chi connectivity index (χ3v) is 3.90. The molecule has 1 aromatic carbocycles. The maximum atomic E-state index is 12.3. The Morgan fingerprint density at radius 3 is 2.59 bits per heavy atom. The number of amides is 2. The molecule has 1 heterocycles. The SMILES string of the molecule is CC(C)Oc1ccc(NC(=O)N2CCCC(C(C)O)C2)cc1. The zero-order valence-corrected chi connectivity index (χ0v) is 13.6. The van der Waals surface area contributed by atoms with E-state index in [9.17, 15) is 9.90 Å². The lowest BCUT2D eigenvalue weighted by Gasteiger charge is -2.34. The minimum absolute atomic E-state index is 0.108. The highest BCUT2D eigenvalue weighted by atomic mass is 16.5. The zero-order valence-electron chi connectivity index (χ0n) is 13.6. The highest BCUT2D eigenvalue weighted by Gasteiger charge is 2.26. The molecule has 0 aromatic heterocycles. The monoisotopic (exact) mass is 306 g/mol. The number of hydrogen-bond acceptors (Lipinski definition) is 3. The number of nitrogens with one attached hydrogen (secondary N) is 1. The van der Waals surface area contributed by atoms with Crippen molar-refractivity contribution in [3.63, 3.8) is 0 Å². The molecule has 1 saturated heterocycles. The highest BCUT2D eigenvalue weighted by molar-refractivity contribution is 5.89. The van der Waals surface area contributed by atoms with Crippen LogP contribution >= 0.6 is 0 Å². The summed E-state index contributed by atoms with van der Waals surface area (Å²) in [6.45, 7) is 7.09. The molecule has 5 heteroatoms. The molecule has 0 aliphatic carbocycles. The molecule has 1 aromatic rings. The van der Waals surface area contributed by atoms with Crippen LogP contribution in [0.3, 0.4) is 0 Å². The second kappa shape index (κ2) is 7.49. The van der Waals surface area contributed by atoms with Gasteiger partial charge in [0.15, 0.2) is 0 Å². The number of rotatable bonds is 4. The molecule has 1 fully saturated rings. The van der Waals surface area contributed by atoms with Gasteiger partial charge >= 0.3 is 6.03 Å². The predicted molar refractivity (Wildman–Crippen MR) is 87.2 cm³/mol. The molecule has 122 valence electrons. The fourth-order valence-corrected chi connectivity index (χ4v) is 2.68. The second-order valence-electron chi connectivity index (χ2n) is 6.21. The van der Waals surface area contributed by atoms with Gasteiger partial charge in [-0.1, -0.05) is 0 Å². The highest BCUT2D eigenvalue weighted by Crippen LogP contribution is 2.21. The van der Waals surface area contributed by atoms with Crippen LogP contribution in [0.15, 0.2) is 24.3 Å². The lowest BCUT2D eigenvalue weighted by atomic mass is 9.94. The van der Waals surface area contributed by atoms with Crippen LogP contribution in [0.1, 0.15) is 33.6 Å². The third-order valence-electron chi connectivity index (χ3n) is 3.90. The maximum absolute atomic E-state index is 12.3. The number of aliphatic hydroxyl groups excluding tert-OH is 1. The molecule has 0 radical (unpaired) electrons. The number of carbonyl (C=O) groups is 1. The van der Waals surface area contributed by atoms with Crippen LogP contribution in [0, 0.1) is 5.92 Å². The largest absolute Gasteiger partial charge is 0.491 e. The number of urea groups is 1. The van der Waals surface area contributed by atoms with E-state index < -0.39 is 0 Å². The molecular weight excluding hydrogens is 280 g/mol. The van der Waals surface area contributed by atoms with Gasteiger partial charge in [-0.2, -0.15) is 0 Å². The molecule has 0 saturated carbocycles. The Morgan fingerprint density at radius 1 is 1.32 bits per heavy atom. The van der Waals surface area contributed by atoms with Crippen molar-refractivity contribution in [3.05, 3.63) is 24.3 Å². The number of benzene rings is 1. The van der Waals surface area contributed by atoms with Crippen molar-refractivity contribution in [3.8, 4) is 5.75 Å². The van der Waals surface area contributed by atoms with Crippen LogP contribution in [0.4, 0.5) is 10.5 Å². The van der Waals surface area contributed by atoms with Crippen LogP contribution in [0.2, 0.25) is 0 Å². The summed E-state index contributed by atoms with van der Waals surface area (Å²) < 4.78 is 5.58. The first-order valence-corrected chi connectivity index (χ1v) is 7.96. The summed E-state index contributed by atoms with van der Waals surface area (Å²) >= 11 is 0. The Bertz CT molecular complexity index is 485. The van der Waals surface area contributed by atoms with Gasteiger partial charge in [0.2, 0.25) is 0 Å². The molecule has 2 unspecified atom stereocenters. The Kier molecular flexibility index (Phi) is 5.66. The Morgan fingerprint density at radius 2 is 2.00 bits per heavy atom. The number of aliphatic hydroxyl groups is 1. The van der Waals surface area contributed by atoms with Crippen LogP contribution in [0.25, 0.3) is 0 Å². The number of ether oxygens (including phenoxy) is 1. The maximum Gasteiger partial charge on any atom is 0.321 e. The van der Waals surface area contributed by atoms with E-state index >= 15 is 0 Å². The molecule has 2 atom stereocenters. The van der Waals surface area contributed by atoms with E-state index in [0.29, 0.717) is 6.54 Å². The number of hydrogen-bond donors (Lipinski definition) is 2. The first-order valence-electron chi connectivity index (χ1n) is 7.96. The van der Waals surface area contributed by atoms with Crippen molar-refractivity contribution in [2.45, 2.75) is 45.8 Å². The molecular formula is C17H26N2O3. The van der Waals surface area contributed by atoms with Gasteiger partial charge < -0.3 is 20.1 Å². The van der Waals surface area contributed by atoms with Crippen molar-refractivity contribution in [1.29, 1.82) is 0 Å². The Hall–Kier alpha value is -1.75. The second-order valence-corrected chi connectivity index (χ2v) is 6.21. The van der Waals surface area contributed by atoms with Gasteiger partial charge in [-0.15, -0.1) is 0 Å². The number of piperidine rings is 1. The summed E-state index contributed by atoms with van der Waals surface area (Å²) in [6.07, 6.45) is 1.67. The van der Waals surface area contributed by atoms with Gasteiger partial charge in [0.05, 0.1) is 12.2 Å². The Labute approximate surface area is 132 Å². The molecule has 1 aliphatic rings. The van der Waals surface area contributed by atoms with Crippen LogP contribution in [-0.2, 0) is 0 Å². The van der Waals surface area contributed by atoms with Crippen molar-refractivity contribution >= 4 is 11.7 Å². The summed E-state index contributed by atoms with van der Waals surface area (Å²) in [5.74, 6) is 0.960. The molecule has 1 aliphatic heterocycles. The molecule has 0 spiro atoms. The smallest absolute Gasteiger partial charge is 0.321 e. The fourth-order valence-electron chi connectivity index (χ4n) is 2.68. The van der Waals surface area contributed by atoms with Gasteiger partial charge in [0.1, 0.15) is 5.75 Å². The minimum Gasteiger partial charge on any atom is -0.491 e. The van der Waals surface area contributed by atoms with Gasteiger partial charge in [0.25, 0.3) is 0 Å². The lowest BCUT2D eigenvalue weighted by Crippen LogP contribution is -2.44. The summed E-state index contributed by atoms with van der Waals surface area (Å²) in [5, 5.41) is 12.6. The van der Waals surface area contributed by atoms with Gasteiger partial charge in [0, 0.05) is 24.7 Å². The van der Waals surface area contributed by atoms with E-state index in [-0.39, 0.29) is 24.2 Å². The van der Waals surface area contributed by atoms with Crippen molar-refractivity contribution in [2.75, 3.05) is 18.4 Å².